The second kappa shape index (κ2) is 16.3. The van der Waals surface area contributed by atoms with Crippen LogP contribution in [0.5, 0.6) is 0 Å². The molecule has 0 heterocycles. The van der Waals surface area contributed by atoms with Gasteiger partial charge in [-0.25, -0.2) is 0 Å². The topological polar surface area (TPSA) is 184 Å². The van der Waals surface area contributed by atoms with E-state index in [0.29, 0.717) is 0 Å². The molecule has 0 fully saturated rings. The third-order valence-electron chi connectivity index (χ3n) is 4.15. The summed E-state index contributed by atoms with van der Waals surface area (Å²) < 4.78 is 36.3. The van der Waals surface area contributed by atoms with Crippen molar-refractivity contribution in [2.45, 2.75) is 85.1 Å². The molecule has 0 aromatic heterocycles. The fourth-order valence-electron chi connectivity index (χ4n) is 3.13. The maximum atomic E-state index is 12.1. The third kappa shape index (κ3) is 13.5. The number of hydrogen-bond acceptors (Lipinski definition) is 14. The van der Waals surface area contributed by atoms with Crippen LogP contribution in [0.3, 0.4) is 0 Å². The number of hydrogen-bond donors (Lipinski definition) is 0. The van der Waals surface area contributed by atoms with Gasteiger partial charge in [-0.05, 0) is 0 Å². The van der Waals surface area contributed by atoms with Crippen molar-refractivity contribution in [2.24, 2.45) is 0 Å². The van der Waals surface area contributed by atoms with Crippen LogP contribution in [0.15, 0.2) is 0 Å². The van der Waals surface area contributed by atoms with E-state index in [1.54, 1.807) is 0 Å². The van der Waals surface area contributed by atoms with Gasteiger partial charge in [0.15, 0.2) is 36.6 Å². The number of ether oxygens (including phenoxy) is 7. The molecule has 0 radical (unpaired) electrons. The normalized spacial score (nSPS) is 15.4. The standard InChI is InChI=1S/C22H31ClO14/c1-10(24)31-9-18(33-12(3)26)20(35-14(5)28)22(37-16(7)30)21(36-15(6)29)19(34-13(4)27)17(8-23)32-11(2)25/h17-22H,8-9H2,1-7H3/t17-,18+,19-,20-,21+,22-/m0/s1. The quantitative estimate of drug-likeness (QED) is 0.163. The Kier molecular flexibility index (Phi) is 14.8. The molecular weight excluding hydrogens is 524 g/mol. The summed E-state index contributed by atoms with van der Waals surface area (Å²) in [5, 5.41) is 0. The molecule has 0 saturated carbocycles. The second-order valence-electron chi connectivity index (χ2n) is 7.55. The zero-order valence-electron chi connectivity index (χ0n) is 21.5. The Morgan fingerprint density at radius 3 is 1.05 bits per heavy atom. The highest BCUT2D eigenvalue weighted by Crippen LogP contribution is 2.26. The van der Waals surface area contributed by atoms with Crippen LogP contribution in [0.4, 0.5) is 0 Å². The average molecular weight is 555 g/mol. The lowest BCUT2D eigenvalue weighted by molar-refractivity contribution is -0.220. The van der Waals surface area contributed by atoms with Crippen molar-refractivity contribution in [3.63, 3.8) is 0 Å². The van der Waals surface area contributed by atoms with Crippen molar-refractivity contribution in [3.05, 3.63) is 0 Å². The molecule has 0 saturated heterocycles. The fraction of sp³-hybridized carbons (Fsp3) is 0.682. The Bertz CT molecular complexity index is 856. The molecule has 6 atom stereocenters. The van der Waals surface area contributed by atoms with Crippen molar-refractivity contribution in [1.29, 1.82) is 0 Å². The van der Waals surface area contributed by atoms with Crippen LogP contribution in [0.1, 0.15) is 48.5 Å². The van der Waals surface area contributed by atoms with Crippen LogP contribution in [0.2, 0.25) is 0 Å². The lowest BCUT2D eigenvalue weighted by atomic mass is 9.95. The number of carbonyl (C=O) groups is 7. The second-order valence-corrected chi connectivity index (χ2v) is 7.86. The molecule has 14 nitrogen and oxygen atoms in total. The number of halogens is 1. The van der Waals surface area contributed by atoms with E-state index in [-0.39, 0.29) is 0 Å². The summed E-state index contributed by atoms with van der Waals surface area (Å²) in [5.74, 6) is -6.93. The van der Waals surface area contributed by atoms with E-state index in [0.717, 1.165) is 48.5 Å². The summed E-state index contributed by atoms with van der Waals surface area (Å²) >= 11 is 5.93. The molecule has 37 heavy (non-hydrogen) atoms. The van der Waals surface area contributed by atoms with Gasteiger partial charge in [-0.1, -0.05) is 0 Å². The predicted octanol–water partition coefficient (Wildman–Crippen LogP) is 0.379. The summed E-state index contributed by atoms with van der Waals surface area (Å²) in [5.41, 5.74) is 0. The molecule has 210 valence electrons. The Morgan fingerprint density at radius 1 is 0.459 bits per heavy atom. The van der Waals surface area contributed by atoms with Gasteiger partial charge in [-0.15, -0.1) is 11.6 Å². The van der Waals surface area contributed by atoms with Crippen molar-refractivity contribution >= 4 is 53.4 Å². The highest BCUT2D eigenvalue weighted by molar-refractivity contribution is 6.18. The highest BCUT2D eigenvalue weighted by atomic mass is 35.5. The van der Waals surface area contributed by atoms with Gasteiger partial charge >= 0.3 is 41.8 Å². The van der Waals surface area contributed by atoms with E-state index >= 15 is 0 Å². The highest BCUT2D eigenvalue weighted by Gasteiger charge is 2.50. The Hall–Kier alpha value is -3.42. The van der Waals surface area contributed by atoms with E-state index in [4.69, 9.17) is 44.8 Å². The molecule has 0 amide bonds. The number of rotatable bonds is 14. The van der Waals surface area contributed by atoms with Crippen LogP contribution in [-0.4, -0.2) is 90.9 Å². The van der Waals surface area contributed by atoms with Crippen molar-refractivity contribution in [1.82, 2.24) is 0 Å². The lowest BCUT2D eigenvalue weighted by Crippen LogP contribution is -2.59. The summed E-state index contributed by atoms with van der Waals surface area (Å²) in [7, 11) is 0. The molecule has 0 N–H and O–H groups in total. The fourth-order valence-corrected chi connectivity index (χ4v) is 3.36. The molecule has 0 spiro atoms. The molecule has 0 aliphatic carbocycles. The maximum absolute atomic E-state index is 12.1. The molecular formula is C22H31ClO14. The van der Waals surface area contributed by atoms with Crippen LogP contribution < -0.4 is 0 Å². The first kappa shape index (κ1) is 33.6. The average Bonchev–Trinajstić information content (AvgIpc) is 2.73. The number of esters is 7. The molecule has 0 aliphatic heterocycles. The molecule has 0 unspecified atom stereocenters. The van der Waals surface area contributed by atoms with Gasteiger partial charge in [-0.2, -0.15) is 0 Å². The summed E-state index contributed by atoms with van der Waals surface area (Å²) in [6.45, 7) is 6.29. The van der Waals surface area contributed by atoms with Gasteiger partial charge in [0.05, 0.1) is 5.88 Å². The number of carbonyl (C=O) groups excluding carboxylic acids is 7. The molecule has 0 bridgehead atoms. The molecule has 0 aliphatic rings. The van der Waals surface area contributed by atoms with Crippen LogP contribution in [0, 0.1) is 0 Å². The van der Waals surface area contributed by atoms with Crippen LogP contribution in [0.25, 0.3) is 0 Å². The maximum Gasteiger partial charge on any atom is 0.303 e. The van der Waals surface area contributed by atoms with E-state index in [1.807, 2.05) is 0 Å². The zero-order chi connectivity index (χ0) is 28.9. The molecule has 15 heteroatoms. The predicted molar refractivity (Wildman–Crippen MR) is 121 cm³/mol. The van der Waals surface area contributed by atoms with Gasteiger partial charge in [0.25, 0.3) is 0 Å². The summed E-state index contributed by atoms with van der Waals surface area (Å²) in [6.07, 6.45) is -10.3. The third-order valence-corrected chi connectivity index (χ3v) is 4.45. The molecule has 0 rings (SSSR count). The lowest BCUT2D eigenvalue weighted by Gasteiger charge is -2.39. The van der Waals surface area contributed by atoms with Gasteiger partial charge in [0.1, 0.15) is 6.61 Å². The zero-order valence-corrected chi connectivity index (χ0v) is 22.2. The van der Waals surface area contributed by atoms with E-state index in [9.17, 15) is 33.6 Å². The summed E-state index contributed by atoms with van der Waals surface area (Å²) in [4.78, 5) is 83.0. The van der Waals surface area contributed by atoms with Crippen molar-refractivity contribution in [3.8, 4) is 0 Å². The van der Waals surface area contributed by atoms with E-state index in [1.165, 1.54) is 0 Å². The SMILES string of the molecule is CC(=O)OC[C@@H](OC(C)=O)[C@H](OC(C)=O)[C@H](OC(C)=O)[C@H](OC(C)=O)[C@@H](OC(C)=O)[C@H](CCl)OC(C)=O. The molecule has 0 aromatic rings. The Labute approximate surface area is 218 Å². The minimum atomic E-state index is -1.86. The van der Waals surface area contributed by atoms with E-state index < -0.39 is 90.9 Å². The Balaban J connectivity index is 7.06. The molecule has 0 aromatic carbocycles. The minimum absolute atomic E-state index is 0.485. The van der Waals surface area contributed by atoms with Crippen molar-refractivity contribution in [2.75, 3.05) is 12.5 Å². The van der Waals surface area contributed by atoms with Crippen LogP contribution in [-0.2, 0) is 66.7 Å². The summed E-state index contributed by atoms with van der Waals surface area (Å²) in [6, 6.07) is 0. The van der Waals surface area contributed by atoms with Gasteiger partial charge < -0.3 is 33.2 Å². The first-order valence-electron chi connectivity index (χ1n) is 10.8. The monoisotopic (exact) mass is 554 g/mol. The van der Waals surface area contributed by atoms with Gasteiger partial charge in [0.2, 0.25) is 0 Å². The first-order chi connectivity index (χ1) is 17.1. The first-order valence-corrected chi connectivity index (χ1v) is 11.3. The minimum Gasteiger partial charge on any atom is -0.462 e. The van der Waals surface area contributed by atoms with E-state index in [2.05, 4.69) is 0 Å². The Morgan fingerprint density at radius 2 is 0.757 bits per heavy atom. The van der Waals surface area contributed by atoms with Gasteiger partial charge in [-0.3, -0.25) is 33.6 Å². The smallest absolute Gasteiger partial charge is 0.303 e. The van der Waals surface area contributed by atoms with Crippen LogP contribution >= 0.6 is 11.6 Å². The number of alkyl halides is 1. The van der Waals surface area contributed by atoms with Crippen molar-refractivity contribution < 1.29 is 66.7 Å². The van der Waals surface area contributed by atoms with Gasteiger partial charge in [0, 0.05) is 48.5 Å². The largest absolute Gasteiger partial charge is 0.462 e.